The second-order valence-electron chi connectivity index (χ2n) is 6.24. The van der Waals surface area contributed by atoms with Gasteiger partial charge in [-0.2, -0.15) is 4.31 Å². The molecule has 1 aromatic heterocycles. The number of aromatic nitrogens is 2. The van der Waals surface area contributed by atoms with E-state index in [4.69, 9.17) is 0 Å². The Morgan fingerprint density at radius 1 is 1.35 bits per heavy atom. The number of rotatable bonds is 5. The summed E-state index contributed by atoms with van der Waals surface area (Å²) in [6.07, 6.45) is 4.17. The largest absolute Gasteiger partial charge is 0.336 e. The lowest BCUT2D eigenvalue weighted by atomic mass is 9.99. The van der Waals surface area contributed by atoms with Crippen molar-refractivity contribution in [3.05, 3.63) is 42.6 Å². The van der Waals surface area contributed by atoms with Crippen LogP contribution in [0.4, 0.5) is 10.1 Å². The van der Waals surface area contributed by atoms with Gasteiger partial charge >= 0.3 is 0 Å². The predicted molar refractivity (Wildman–Crippen MR) is 94.4 cm³/mol. The lowest BCUT2D eigenvalue weighted by molar-refractivity contribution is -0.120. The highest BCUT2D eigenvalue weighted by Gasteiger charge is 2.34. The van der Waals surface area contributed by atoms with Crippen LogP contribution in [-0.4, -0.2) is 41.3 Å². The maximum absolute atomic E-state index is 13.0. The van der Waals surface area contributed by atoms with Crippen LogP contribution in [0.15, 0.2) is 41.8 Å². The molecule has 1 aliphatic rings. The molecule has 1 unspecified atom stereocenters. The summed E-state index contributed by atoms with van der Waals surface area (Å²) in [5.74, 6) is -1.11. The highest BCUT2D eigenvalue weighted by molar-refractivity contribution is 7.89. The van der Waals surface area contributed by atoms with Gasteiger partial charge in [-0.25, -0.2) is 17.8 Å². The van der Waals surface area contributed by atoms with Gasteiger partial charge in [0, 0.05) is 31.5 Å². The number of piperidine rings is 1. The predicted octanol–water partition coefficient (Wildman–Crippen LogP) is 2.08. The third-order valence-corrected chi connectivity index (χ3v) is 6.20. The number of sulfonamides is 1. The number of nitrogens with zero attached hydrogens (tertiary/aromatic N) is 3. The summed E-state index contributed by atoms with van der Waals surface area (Å²) in [6, 6.07) is 5.47. The van der Waals surface area contributed by atoms with Crippen molar-refractivity contribution in [1.82, 2.24) is 13.9 Å². The number of nitrogens with one attached hydrogen (secondary N) is 1. The molecule has 1 aliphatic heterocycles. The summed E-state index contributed by atoms with van der Waals surface area (Å²) < 4.78 is 41.5. The van der Waals surface area contributed by atoms with Crippen molar-refractivity contribution in [1.29, 1.82) is 0 Å². The normalized spacial score (nSPS) is 18.6. The minimum absolute atomic E-state index is 0.000979. The monoisotopic (exact) mass is 380 g/mol. The summed E-state index contributed by atoms with van der Waals surface area (Å²) in [6.45, 7) is 3.00. The van der Waals surface area contributed by atoms with Crippen LogP contribution in [0.25, 0.3) is 0 Å². The molecular weight excluding hydrogens is 359 g/mol. The average Bonchev–Trinajstić information content (AvgIpc) is 3.14. The molecule has 1 atom stereocenters. The molecule has 0 spiro atoms. The van der Waals surface area contributed by atoms with E-state index in [1.165, 1.54) is 41.1 Å². The van der Waals surface area contributed by atoms with Gasteiger partial charge in [0.2, 0.25) is 5.91 Å². The minimum Gasteiger partial charge on any atom is -0.336 e. The van der Waals surface area contributed by atoms with Gasteiger partial charge in [-0.3, -0.25) is 4.79 Å². The molecule has 3 rings (SSSR count). The zero-order valence-electron chi connectivity index (χ0n) is 14.4. The fourth-order valence-electron chi connectivity index (χ4n) is 2.93. The van der Waals surface area contributed by atoms with E-state index >= 15 is 0 Å². The molecule has 0 aliphatic carbocycles. The maximum atomic E-state index is 13.0. The third kappa shape index (κ3) is 3.94. The zero-order valence-corrected chi connectivity index (χ0v) is 15.2. The molecule has 2 aromatic rings. The summed E-state index contributed by atoms with van der Waals surface area (Å²) >= 11 is 0. The molecule has 1 fully saturated rings. The van der Waals surface area contributed by atoms with Crippen molar-refractivity contribution in [2.75, 3.05) is 18.4 Å². The van der Waals surface area contributed by atoms with Gasteiger partial charge in [0.1, 0.15) is 5.82 Å². The van der Waals surface area contributed by atoms with Gasteiger partial charge in [-0.1, -0.05) is 0 Å². The molecule has 0 saturated carbocycles. The first kappa shape index (κ1) is 18.5. The summed E-state index contributed by atoms with van der Waals surface area (Å²) in [5, 5.41) is 2.72. The molecule has 1 amide bonds. The highest BCUT2D eigenvalue weighted by atomic mass is 32.2. The first-order chi connectivity index (χ1) is 12.4. The first-order valence-electron chi connectivity index (χ1n) is 8.48. The number of aryl methyl sites for hydroxylation is 1. The van der Waals surface area contributed by atoms with Crippen LogP contribution in [0.5, 0.6) is 0 Å². The number of anilines is 1. The fraction of sp³-hybridized carbons (Fsp3) is 0.412. The molecule has 1 N–H and O–H groups in total. The quantitative estimate of drug-likeness (QED) is 0.861. The summed E-state index contributed by atoms with van der Waals surface area (Å²) in [7, 11) is -3.72. The topological polar surface area (TPSA) is 84.3 Å². The highest BCUT2D eigenvalue weighted by Crippen LogP contribution is 2.24. The molecule has 2 heterocycles. The molecule has 26 heavy (non-hydrogen) atoms. The van der Waals surface area contributed by atoms with Crippen LogP contribution in [-0.2, 0) is 21.4 Å². The maximum Gasteiger partial charge on any atom is 0.262 e. The van der Waals surface area contributed by atoms with Crippen LogP contribution < -0.4 is 5.32 Å². The van der Waals surface area contributed by atoms with Crippen LogP contribution >= 0.6 is 0 Å². The Morgan fingerprint density at radius 3 is 2.73 bits per heavy atom. The van der Waals surface area contributed by atoms with Crippen molar-refractivity contribution < 1.29 is 17.6 Å². The fourth-order valence-corrected chi connectivity index (χ4v) is 4.39. The van der Waals surface area contributed by atoms with Crippen molar-refractivity contribution in [2.24, 2.45) is 5.92 Å². The van der Waals surface area contributed by atoms with Gasteiger partial charge < -0.3 is 9.88 Å². The van der Waals surface area contributed by atoms with E-state index < -0.39 is 15.9 Å². The lowest BCUT2D eigenvalue weighted by Crippen LogP contribution is -2.43. The van der Waals surface area contributed by atoms with Crippen molar-refractivity contribution >= 4 is 21.6 Å². The Labute approximate surface area is 151 Å². The molecule has 1 saturated heterocycles. The molecule has 0 radical (unpaired) electrons. The first-order valence-corrected chi connectivity index (χ1v) is 9.92. The van der Waals surface area contributed by atoms with Gasteiger partial charge in [0.15, 0.2) is 5.03 Å². The van der Waals surface area contributed by atoms with Crippen LogP contribution in [0, 0.1) is 11.7 Å². The number of imidazole rings is 1. The number of halogens is 1. The van der Waals surface area contributed by atoms with Gasteiger partial charge in [0.25, 0.3) is 10.0 Å². The second-order valence-corrected chi connectivity index (χ2v) is 8.13. The Morgan fingerprint density at radius 2 is 2.08 bits per heavy atom. The Kier molecular flexibility index (Phi) is 5.38. The van der Waals surface area contributed by atoms with Crippen molar-refractivity contribution in [2.45, 2.75) is 31.3 Å². The number of hydrogen-bond donors (Lipinski definition) is 1. The summed E-state index contributed by atoms with van der Waals surface area (Å²) in [4.78, 5) is 16.4. The SMILES string of the molecule is CCn1cnc(S(=O)(=O)N2CCCC(C(=O)Nc3ccc(F)cc3)C2)c1. The standard InChI is InChI=1S/C17H21FN4O3S/c1-2-21-11-16(19-12-21)26(24,25)22-9-3-4-13(10-22)17(23)20-15-7-5-14(18)6-8-15/h5-8,11-13H,2-4,9-10H2,1H3,(H,20,23). The second kappa shape index (κ2) is 7.55. The number of hydrogen-bond acceptors (Lipinski definition) is 4. The van der Waals surface area contributed by atoms with Crippen LogP contribution in [0.3, 0.4) is 0 Å². The van der Waals surface area contributed by atoms with Crippen LogP contribution in [0.1, 0.15) is 19.8 Å². The Hall–Kier alpha value is -2.26. The van der Waals surface area contributed by atoms with Gasteiger partial charge in [0.05, 0.1) is 12.2 Å². The van der Waals surface area contributed by atoms with E-state index in [-0.39, 0.29) is 23.3 Å². The van der Waals surface area contributed by atoms with Crippen molar-refractivity contribution in [3.63, 3.8) is 0 Å². The number of carbonyl (C=O) groups is 1. The average molecular weight is 380 g/mol. The van der Waals surface area contributed by atoms with E-state index in [1.807, 2.05) is 6.92 Å². The van der Waals surface area contributed by atoms with E-state index in [0.29, 0.717) is 31.6 Å². The van der Waals surface area contributed by atoms with Gasteiger partial charge in [-0.05, 0) is 44.0 Å². The number of amides is 1. The number of benzene rings is 1. The summed E-state index contributed by atoms with van der Waals surface area (Å²) in [5.41, 5.74) is 0.484. The molecule has 7 nitrogen and oxygen atoms in total. The minimum atomic E-state index is -3.72. The molecular formula is C17H21FN4O3S. The number of carbonyl (C=O) groups excluding carboxylic acids is 1. The van der Waals surface area contributed by atoms with E-state index in [0.717, 1.165) is 0 Å². The Balaban J connectivity index is 1.70. The zero-order chi connectivity index (χ0) is 18.7. The van der Waals surface area contributed by atoms with Crippen molar-refractivity contribution in [3.8, 4) is 0 Å². The molecule has 1 aromatic carbocycles. The molecule has 140 valence electrons. The van der Waals surface area contributed by atoms with E-state index in [2.05, 4.69) is 10.3 Å². The van der Waals surface area contributed by atoms with E-state index in [1.54, 1.807) is 4.57 Å². The Bertz CT molecular complexity index is 880. The van der Waals surface area contributed by atoms with Crippen LogP contribution in [0.2, 0.25) is 0 Å². The lowest BCUT2D eigenvalue weighted by Gasteiger charge is -2.30. The third-order valence-electron chi connectivity index (χ3n) is 4.45. The molecule has 0 bridgehead atoms. The smallest absolute Gasteiger partial charge is 0.262 e. The van der Waals surface area contributed by atoms with E-state index in [9.17, 15) is 17.6 Å². The molecule has 9 heteroatoms. The van der Waals surface area contributed by atoms with Gasteiger partial charge in [-0.15, -0.1) is 0 Å².